The molecule has 1 unspecified atom stereocenters. The highest BCUT2D eigenvalue weighted by molar-refractivity contribution is 5.69. The fraction of sp³-hybridized carbons (Fsp3) is 0.533. The second-order valence-corrected chi connectivity index (χ2v) is 4.95. The lowest BCUT2D eigenvalue weighted by Crippen LogP contribution is -2.37. The Morgan fingerprint density at radius 3 is 2.25 bits per heavy atom. The molecule has 112 valence electrons. The molecule has 0 bridgehead atoms. The molecule has 0 spiro atoms. The van der Waals surface area contributed by atoms with Crippen molar-refractivity contribution in [2.75, 3.05) is 20.8 Å². The third-order valence-corrected chi connectivity index (χ3v) is 3.37. The van der Waals surface area contributed by atoms with E-state index in [0.29, 0.717) is 11.5 Å². The molecule has 0 heterocycles. The number of rotatable bonds is 7. The predicted molar refractivity (Wildman–Crippen MR) is 77.4 cm³/mol. The maximum atomic E-state index is 11.0. The number of hydrogen-bond acceptors (Lipinski definition) is 4. The maximum Gasteiger partial charge on any atom is 0.317 e. The Kier molecular flexibility index (Phi) is 5.82. The quantitative estimate of drug-likeness (QED) is 0.832. The summed E-state index contributed by atoms with van der Waals surface area (Å²) in [6.07, 6.45) is 0. The maximum absolute atomic E-state index is 11.0. The van der Waals surface area contributed by atoms with Gasteiger partial charge in [0.25, 0.3) is 0 Å². The fourth-order valence-corrected chi connectivity index (χ4v) is 2.23. The third kappa shape index (κ3) is 3.87. The molecule has 0 amide bonds. The van der Waals surface area contributed by atoms with Gasteiger partial charge in [-0.25, -0.2) is 0 Å². The minimum absolute atomic E-state index is 0.00712. The SMILES string of the molecule is COc1ccc(C(C)N(CC(=O)O)C(C)C)cc1OC. The lowest BCUT2D eigenvalue weighted by atomic mass is 10.0. The first kappa shape index (κ1) is 16.3. The first-order chi connectivity index (χ1) is 9.40. The van der Waals surface area contributed by atoms with Crippen molar-refractivity contribution in [2.45, 2.75) is 32.9 Å². The second-order valence-electron chi connectivity index (χ2n) is 4.95. The minimum Gasteiger partial charge on any atom is -0.493 e. The number of hydrogen-bond donors (Lipinski definition) is 1. The van der Waals surface area contributed by atoms with Crippen LogP contribution in [-0.4, -0.2) is 42.8 Å². The Bertz CT molecular complexity index is 459. The van der Waals surface area contributed by atoms with Crippen molar-refractivity contribution >= 4 is 5.97 Å². The van der Waals surface area contributed by atoms with E-state index in [1.54, 1.807) is 14.2 Å². The van der Waals surface area contributed by atoms with Crippen LogP contribution in [0.1, 0.15) is 32.4 Å². The molecule has 1 aromatic rings. The van der Waals surface area contributed by atoms with Crippen LogP contribution in [0, 0.1) is 0 Å². The summed E-state index contributed by atoms with van der Waals surface area (Å²) in [5.41, 5.74) is 0.998. The highest BCUT2D eigenvalue weighted by Gasteiger charge is 2.22. The van der Waals surface area contributed by atoms with Crippen LogP contribution < -0.4 is 9.47 Å². The van der Waals surface area contributed by atoms with E-state index in [9.17, 15) is 4.79 Å². The van der Waals surface area contributed by atoms with E-state index in [4.69, 9.17) is 14.6 Å². The molecular weight excluding hydrogens is 258 g/mol. The van der Waals surface area contributed by atoms with Gasteiger partial charge < -0.3 is 14.6 Å². The number of carboxylic acid groups (broad SMARTS) is 1. The van der Waals surface area contributed by atoms with E-state index in [1.165, 1.54) is 0 Å². The van der Waals surface area contributed by atoms with E-state index < -0.39 is 5.97 Å². The molecule has 0 fully saturated rings. The summed E-state index contributed by atoms with van der Waals surface area (Å²) >= 11 is 0. The van der Waals surface area contributed by atoms with E-state index in [1.807, 2.05) is 43.9 Å². The summed E-state index contributed by atoms with van der Waals surface area (Å²) in [7, 11) is 3.18. The largest absolute Gasteiger partial charge is 0.493 e. The van der Waals surface area contributed by atoms with Gasteiger partial charge in [-0.3, -0.25) is 9.69 Å². The van der Waals surface area contributed by atoms with Gasteiger partial charge in [0.05, 0.1) is 20.8 Å². The van der Waals surface area contributed by atoms with Crippen LogP contribution >= 0.6 is 0 Å². The summed E-state index contributed by atoms with van der Waals surface area (Å²) in [6, 6.07) is 5.77. The van der Waals surface area contributed by atoms with E-state index >= 15 is 0 Å². The molecule has 0 aliphatic rings. The molecule has 0 aromatic heterocycles. The predicted octanol–water partition coefficient (Wildman–Crippen LogP) is 2.56. The van der Waals surface area contributed by atoms with Crippen molar-refractivity contribution < 1.29 is 19.4 Å². The molecular formula is C15H23NO4. The average molecular weight is 281 g/mol. The Morgan fingerprint density at radius 1 is 1.20 bits per heavy atom. The normalized spacial score (nSPS) is 12.6. The van der Waals surface area contributed by atoms with Gasteiger partial charge in [-0.15, -0.1) is 0 Å². The standard InChI is InChI=1S/C15H23NO4/c1-10(2)16(9-15(17)18)11(3)12-6-7-13(19-4)14(8-12)20-5/h6-8,10-11H,9H2,1-5H3,(H,17,18). The number of benzene rings is 1. The first-order valence-electron chi connectivity index (χ1n) is 6.60. The van der Waals surface area contributed by atoms with E-state index in [-0.39, 0.29) is 18.6 Å². The lowest BCUT2D eigenvalue weighted by molar-refractivity contribution is -0.139. The fourth-order valence-electron chi connectivity index (χ4n) is 2.23. The van der Waals surface area contributed by atoms with Gasteiger partial charge in [0.1, 0.15) is 0 Å². The summed E-state index contributed by atoms with van der Waals surface area (Å²) in [5, 5.41) is 9.03. The van der Waals surface area contributed by atoms with Crippen LogP contribution in [0.3, 0.4) is 0 Å². The first-order valence-corrected chi connectivity index (χ1v) is 6.60. The number of carboxylic acids is 1. The number of carbonyl (C=O) groups is 1. The van der Waals surface area contributed by atoms with Crippen LogP contribution in [-0.2, 0) is 4.79 Å². The van der Waals surface area contributed by atoms with Crippen molar-refractivity contribution in [3.05, 3.63) is 23.8 Å². The minimum atomic E-state index is -0.828. The Balaban J connectivity index is 3.05. The second kappa shape index (κ2) is 7.14. The smallest absolute Gasteiger partial charge is 0.317 e. The number of aliphatic carboxylic acids is 1. The molecule has 1 rings (SSSR count). The van der Waals surface area contributed by atoms with Crippen LogP contribution in [0.4, 0.5) is 0 Å². The zero-order valence-electron chi connectivity index (χ0n) is 12.7. The molecule has 1 N–H and O–H groups in total. The van der Waals surface area contributed by atoms with Crippen LogP contribution in [0.2, 0.25) is 0 Å². The molecule has 0 aliphatic carbocycles. The molecule has 0 aliphatic heterocycles. The summed E-state index contributed by atoms with van der Waals surface area (Å²) < 4.78 is 10.5. The van der Waals surface area contributed by atoms with Gasteiger partial charge in [0.2, 0.25) is 0 Å². The molecule has 0 saturated carbocycles. The van der Waals surface area contributed by atoms with Gasteiger partial charge in [0.15, 0.2) is 11.5 Å². The van der Waals surface area contributed by atoms with Crippen LogP contribution in [0.15, 0.2) is 18.2 Å². The van der Waals surface area contributed by atoms with Crippen molar-refractivity contribution in [1.82, 2.24) is 4.90 Å². The van der Waals surface area contributed by atoms with Crippen molar-refractivity contribution in [3.8, 4) is 11.5 Å². The van der Waals surface area contributed by atoms with Crippen molar-refractivity contribution in [1.29, 1.82) is 0 Å². The Morgan fingerprint density at radius 2 is 1.80 bits per heavy atom. The zero-order chi connectivity index (χ0) is 15.3. The van der Waals surface area contributed by atoms with Gasteiger partial charge >= 0.3 is 5.97 Å². The van der Waals surface area contributed by atoms with Gasteiger partial charge in [-0.2, -0.15) is 0 Å². The van der Waals surface area contributed by atoms with Crippen molar-refractivity contribution in [3.63, 3.8) is 0 Å². The number of nitrogens with zero attached hydrogens (tertiary/aromatic N) is 1. The van der Waals surface area contributed by atoms with Crippen LogP contribution in [0.5, 0.6) is 11.5 Å². The Labute approximate surface area is 120 Å². The Hall–Kier alpha value is -1.75. The molecule has 1 atom stereocenters. The summed E-state index contributed by atoms with van der Waals surface area (Å²) in [6.45, 7) is 5.97. The lowest BCUT2D eigenvalue weighted by Gasteiger charge is -2.31. The number of methoxy groups -OCH3 is 2. The van der Waals surface area contributed by atoms with E-state index in [2.05, 4.69) is 0 Å². The highest BCUT2D eigenvalue weighted by atomic mass is 16.5. The van der Waals surface area contributed by atoms with Gasteiger partial charge in [0, 0.05) is 12.1 Å². The molecule has 5 nitrogen and oxygen atoms in total. The molecule has 0 radical (unpaired) electrons. The number of ether oxygens (including phenoxy) is 2. The van der Waals surface area contributed by atoms with Gasteiger partial charge in [-0.1, -0.05) is 6.07 Å². The zero-order valence-corrected chi connectivity index (χ0v) is 12.7. The monoisotopic (exact) mass is 281 g/mol. The summed E-state index contributed by atoms with van der Waals surface area (Å²) in [4.78, 5) is 12.9. The molecule has 5 heteroatoms. The molecule has 20 heavy (non-hydrogen) atoms. The molecule has 0 saturated heterocycles. The molecule has 1 aromatic carbocycles. The topological polar surface area (TPSA) is 59.0 Å². The summed E-state index contributed by atoms with van der Waals surface area (Å²) in [5.74, 6) is 0.486. The third-order valence-electron chi connectivity index (χ3n) is 3.37. The van der Waals surface area contributed by atoms with E-state index in [0.717, 1.165) is 5.56 Å². The van der Waals surface area contributed by atoms with Gasteiger partial charge in [-0.05, 0) is 38.5 Å². The van der Waals surface area contributed by atoms with Crippen molar-refractivity contribution in [2.24, 2.45) is 0 Å². The highest BCUT2D eigenvalue weighted by Crippen LogP contribution is 2.32. The van der Waals surface area contributed by atoms with Crippen LogP contribution in [0.25, 0.3) is 0 Å². The average Bonchev–Trinajstić information content (AvgIpc) is 2.42.